The normalized spacial score (nSPS) is 16.0. The van der Waals surface area contributed by atoms with Crippen molar-refractivity contribution in [2.75, 3.05) is 43.6 Å². The highest BCUT2D eigenvalue weighted by atomic mass is 79.9. The third kappa shape index (κ3) is 5.17. The Labute approximate surface area is 146 Å². The van der Waals surface area contributed by atoms with E-state index in [1.54, 1.807) is 13.0 Å². The largest absolute Gasteiger partial charge is 0.491 e. The fourth-order valence-corrected chi connectivity index (χ4v) is 3.16. The van der Waals surface area contributed by atoms with Gasteiger partial charge in [0.1, 0.15) is 11.4 Å². The zero-order valence-corrected chi connectivity index (χ0v) is 15.2. The second-order valence-corrected chi connectivity index (χ2v) is 7.17. The smallest absolute Gasteiger partial charge is 0.293 e. The summed E-state index contributed by atoms with van der Waals surface area (Å²) in [6.45, 7) is 4.37. The topological polar surface area (TPSA) is 85.1 Å². The predicted octanol–water partition coefficient (Wildman–Crippen LogP) is 2.75. The molecule has 0 radical (unpaired) electrons. The first kappa shape index (κ1) is 18.2. The van der Waals surface area contributed by atoms with Gasteiger partial charge >= 0.3 is 0 Å². The molecule has 1 N–H and O–H groups in total. The van der Waals surface area contributed by atoms with Gasteiger partial charge in [0.25, 0.3) is 5.69 Å². The van der Waals surface area contributed by atoms with Gasteiger partial charge in [0.15, 0.2) is 0 Å². The van der Waals surface area contributed by atoms with E-state index in [-0.39, 0.29) is 10.6 Å². The van der Waals surface area contributed by atoms with Gasteiger partial charge in [-0.05, 0) is 22.9 Å². The SMILES string of the molecule is CC(O)=[SH]CCOc1cc(N2CCOCC2)c([N+](=O)[O-])cc1Br. The number of nitrogens with zero attached hydrogens (tertiary/aromatic N) is 2. The molecule has 128 valence electrons. The fraction of sp³-hybridized carbons (Fsp3) is 0.500. The summed E-state index contributed by atoms with van der Waals surface area (Å²) in [5, 5.41) is 20.8. The summed E-state index contributed by atoms with van der Waals surface area (Å²) < 4.78 is 11.5. The molecule has 1 fully saturated rings. The van der Waals surface area contributed by atoms with Crippen LogP contribution in [0.1, 0.15) is 6.92 Å². The number of hydrogen-bond acceptors (Lipinski definition) is 5. The lowest BCUT2D eigenvalue weighted by atomic mass is 10.2. The second kappa shape index (κ2) is 8.62. The maximum atomic E-state index is 11.3. The first-order valence-electron chi connectivity index (χ1n) is 7.12. The third-order valence-corrected chi connectivity index (χ3v) is 4.75. The number of hydrogen-bond donors (Lipinski definition) is 2. The monoisotopic (exact) mass is 406 g/mol. The highest BCUT2D eigenvalue weighted by Crippen LogP contribution is 2.38. The zero-order chi connectivity index (χ0) is 16.8. The number of nitro benzene ring substituents is 1. The van der Waals surface area contributed by atoms with Crippen LogP contribution in [0.3, 0.4) is 0 Å². The minimum absolute atomic E-state index is 0.0452. The molecular weight excluding hydrogens is 388 g/mol. The average Bonchev–Trinajstić information content (AvgIpc) is 2.53. The number of halogens is 1. The predicted molar refractivity (Wildman–Crippen MR) is 96.5 cm³/mol. The summed E-state index contributed by atoms with van der Waals surface area (Å²) in [7, 11) is 0. The van der Waals surface area contributed by atoms with Crippen molar-refractivity contribution < 1.29 is 19.5 Å². The van der Waals surface area contributed by atoms with Crippen LogP contribution in [0, 0.1) is 10.1 Å². The Balaban J connectivity index is 2.22. The van der Waals surface area contributed by atoms with E-state index in [0.717, 1.165) is 11.4 Å². The van der Waals surface area contributed by atoms with Crippen LogP contribution < -0.4 is 9.64 Å². The van der Waals surface area contributed by atoms with Crippen molar-refractivity contribution in [2.24, 2.45) is 0 Å². The summed E-state index contributed by atoms with van der Waals surface area (Å²) >= 11 is 4.14. The molecule has 1 aromatic rings. The molecule has 1 aliphatic rings. The molecule has 0 atom stereocenters. The van der Waals surface area contributed by atoms with Crippen molar-refractivity contribution in [3.8, 4) is 5.75 Å². The number of anilines is 1. The highest BCUT2D eigenvalue weighted by Gasteiger charge is 2.24. The molecule has 0 saturated carbocycles. The molecule has 1 aromatic carbocycles. The Morgan fingerprint density at radius 1 is 1.52 bits per heavy atom. The Hall–Kier alpha value is -1.16. The van der Waals surface area contributed by atoms with Crippen molar-refractivity contribution in [1.82, 2.24) is 0 Å². The second-order valence-electron chi connectivity index (χ2n) is 4.91. The van der Waals surface area contributed by atoms with Crippen LogP contribution in [0.25, 0.3) is 0 Å². The van der Waals surface area contributed by atoms with Gasteiger partial charge < -0.3 is 19.5 Å². The molecule has 1 saturated heterocycles. The molecule has 0 unspecified atom stereocenters. The van der Waals surface area contributed by atoms with Gasteiger partial charge in [0.05, 0.1) is 34.3 Å². The number of thiol groups is 1. The van der Waals surface area contributed by atoms with Crippen LogP contribution >= 0.6 is 27.3 Å². The van der Waals surface area contributed by atoms with Crippen LogP contribution in [-0.2, 0) is 4.74 Å². The van der Waals surface area contributed by atoms with Crippen LogP contribution in [0.15, 0.2) is 16.6 Å². The number of rotatable bonds is 6. The van der Waals surface area contributed by atoms with E-state index in [2.05, 4.69) is 15.9 Å². The minimum Gasteiger partial charge on any atom is -0.491 e. The van der Waals surface area contributed by atoms with Crippen molar-refractivity contribution in [1.29, 1.82) is 0 Å². The lowest BCUT2D eigenvalue weighted by Gasteiger charge is -2.28. The number of aliphatic hydroxyl groups excluding tert-OH is 1. The van der Waals surface area contributed by atoms with Gasteiger partial charge in [-0.25, -0.2) is 0 Å². The lowest BCUT2D eigenvalue weighted by Crippen LogP contribution is -2.36. The summed E-state index contributed by atoms with van der Waals surface area (Å²) in [6, 6.07) is 3.17. The van der Waals surface area contributed by atoms with E-state index in [0.29, 0.717) is 59.6 Å². The van der Waals surface area contributed by atoms with Gasteiger partial charge in [-0.1, -0.05) is 0 Å². The number of morpholine rings is 1. The van der Waals surface area contributed by atoms with Crippen LogP contribution in [0.2, 0.25) is 0 Å². The summed E-state index contributed by atoms with van der Waals surface area (Å²) in [4.78, 5) is 12.9. The van der Waals surface area contributed by atoms with Crippen molar-refractivity contribution in [2.45, 2.75) is 6.92 Å². The van der Waals surface area contributed by atoms with E-state index in [9.17, 15) is 10.1 Å². The molecule has 0 amide bonds. The van der Waals surface area contributed by atoms with Crippen LogP contribution in [-0.4, -0.2) is 53.7 Å². The van der Waals surface area contributed by atoms with Gasteiger partial charge in [-0.3, -0.25) is 10.1 Å². The fourth-order valence-electron chi connectivity index (χ4n) is 2.21. The van der Waals surface area contributed by atoms with E-state index in [1.807, 2.05) is 4.90 Å². The quantitative estimate of drug-likeness (QED) is 0.248. The Bertz CT molecular complexity index is 601. The molecule has 2 rings (SSSR count). The number of aliphatic hydroxyl groups is 1. The van der Waals surface area contributed by atoms with Gasteiger partial charge in [-0.2, -0.15) is 11.4 Å². The molecule has 23 heavy (non-hydrogen) atoms. The average molecular weight is 407 g/mol. The Kier molecular flexibility index (Phi) is 6.82. The van der Waals surface area contributed by atoms with E-state index >= 15 is 0 Å². The number of benzene rings is 1. The summed E-state index contributed by atoms with van der Waals surface area (Å²) in [5.41, 5.74) is 0.586. The molecular formula is C14H19BrN2O5S. The van der Waals surface area contributed by atoms with Crippen LogP contribution in [0.5, 0.6) is 5.75 Å². The molecule has 7 nitrogen and oxygen atoms in total. The first-order chi connectivity index (χ1) is 11.0. The molecule has 0 aromatic heterocycles. The van der Waals surface area contributed by atoms with E-state index in [4.69, 9.17) is 14.6 Å². The lowest BCUT2D eigenvalue weighted by molar-refractivity contribution is -0.384. The molecule has 0 spiro atoms. The molecule has 9 heteroatoms. The molecule has 0 aliphatic carbocycles. The van der Waals surface area contributed by atoms with Crippen molar-refractivity contribution >= 4 is 43.7 Å². The first-order valence-corrected chi connectivity index (χ1v) is 8.99. The molecule has 1 aliphatic heterocycles. The number of ether oxygens (including phenoxy) is 2. The summed E-state index contributed by atoms with van der Waals surface area (Å²) in [5.74, 6) is 1.21. The minimum atomic E-state index is -0.387. The van der Waals surface area contributed by atoms with Crippen LogP contribution in [0.4, 0.5) is 11.4 Å². The molecule has 0 bridgehead atoms. The number of nitro groups is 1. The maximum absolute atomic E-state index is 11.3. The molecule has 1 heterocycles. The standard InChI is InChI=1S/C14H19BrN2O5S/c1-10(18)23-7-6-22-14-9-12(16-2-4-21-5-3-16)13(17(19)20)8-11(14)15/h8-9,18,23H,2-7H2,1H3. The van der Waals surface area contributed by atoms with Gasteiger partial charge in [0.2, 0.25) is 0 Å². The van der Waals surface area contributed by atoms with Crippen molar-refractivity contribution in [3.63, 3.8) is 0 Å². The van der Waals surface area contributed by atoms with Crippen molar-refractivity contribution in [3.05, 3.63) is 26.7 Å². The third-order valence-electron chi connectivity index (χ3n) is 3.27. The van der Waals surface area contributed by atoms with Gasteiger partial charge in [0, 0.05) is 31.0 Å². The maximum Gasteiger partial charge on any atom is 0.293 e. The summed E-state index contributed by atoms with van der Waals surface area (Å²) in [6.07, 6.45) is 0. The van der Waals surface area contributed by atoms with Gasteiger partial charge in [-0.15, -0.1) is 0 Å². The zero-order valence-electron chi connectivity index (χ0n) is 12.7. The van der Waals surface area contributed by atoms with E-state index in [1.165, 1.54) is 6.07 Å². The Morgan fingerprint density at radius 2 is 2.22 bits per heavy atom. The Morgan fingerprint density at radius 3 is 2.83 bits per heavy atom. The van der Waals surface area contributed by atoms with E-state index < -0.39 is 0 Å². The highest BCUT2D eigenvalue weighted by molar-refractivity contribution is 9.10.